The quantitative estimate of drug-likeness (QED) is 0.287. The third-order valence-corrected chi connectivity index (χ3v) is 1.66. The molecule has 0 saturated carbocycles. The molecule has 0 aliphatic rings. The van der Waals surface area contributed by atoms with Crippen molar-refractivity contribution in [3.63, 3.8) is 0 Å². The molecular formula is C5H11NO4S. The molecule has 1 unspecified atom stereocenters. The van der Waals surface area contributed by atoms with Crippen LogP contribution >= 0.6 is 0 Å². The molecule has 5 nitrogen and oxygen atoms in total. The Hall–Kier alpha value is -0.430. The van der Waals surface area contributed by atoms with Gasteiger partial charge >= 0.3 is 0 Å². The average molecular weight is 181 g/mol. The van der Waals surface area contributed by atoms with E-state index in [0.717, 1.165) is 0 Å². The summed E-state index contributed by atoms with van der Waals surface area (Å²) in [7, 11) is -3.94. The summed E-state index contributed by atoms with van der Waals surface area (Å²) in [6.07, 6.45) is 0.279. The van der Waals surface area contributed by atoms with Gasteiger partial charge in [-0.25, -0.2) is 0 Å². The summed E-state index contributed by atoms with van der Waals surface area (Å²) in [5, 5.41) is 11.1. The standard InChI is InChI=1S/C5H11NO4S/c1-2-5(7)6-3-4-11(8,9)10/h2,5-7H,1,3-4H2,(H,8,9,10). The molecule has 0 saturated heterocycles. The Morgan fingerprint density at radius 3 is 2.55 bits per heavy atom. The number of nitrogens with one attached hydrogen (secondary N) is 1. The van der Waals surface area contributed by atoms with Crippen LogP contribution in [-0.2, 0) is 10.1 Å². The molecule has 0 amide bonds. The SMILES string of the molecule is C=CC(O)NCCS(=O)(=O)O. The molecule has 0 aromatic heterocycles. The summed E-state index contributed by atoms with van der Waals surface area (Å²) in [6.45, 7) is 3.24. The smallest absolute Gasteiger partial charge is 0.266 e. The first-order valence-corrected chi connectivity index (χ1v) is 4.56. The summed E-state index contributed by atoms with van der Waals surface area (Å²) >= 11 is 0. The Morgan fingerprint density at radius 1 is 1.64 bits per heavy atom. The molecule has 0 aliphatic carbocycles. The van der Waals surface area contributed by atoms with Gasteiger partial charge in [-0.15, -0.1) is 0 Å². The van der Waals surface area contributed by atoms with Crippen LogP contribution in [0.4, 0.5) is 0 Å². The van der Waals surface area contributed by atoms with Gasteiger partial charge in [-0.3, -0.25) is 9.87 Å². The van der Waals surface area contributed by atoms with Gasteiger partial charge in [0.1, 0.15) is 6.23 Å². The summed E-state index contributed by atoms with van der Waals surface area (Å²) in [5.74, 6) is -0.419. The van der Waals surface area contributed by atoms with Gasteiger partial charge in [-0.2, -0.15) is 8.42 Å². The number of aliphatic hydroxyl groups excluding tert-OH is 1. The number of hydrogen-bond acceptors (Lipinski definition) is 4. The van der Waals surface area contributed by atoms with Gasteiger partial charge < -0.3 is 5.11 Å². The molecule has 66 valence electrons. The first-order chi connectivity index (χ1) is 4.95. The first-order valence-electron chi connectivity index (χ1n) is 2.95. The lowest BCUT2D eigenvalue weighted by Crippen LogP contribution is -2.31. The lowest BCUT2D eigenvalue weighted by Gasteiger charge is -2.05. The zero-order valence-corrected chi connectivity index (χ0v) is 6.71. The lowest BCUT2D eigenvalue weighted by molar-refractivity contribution is 0.188. The lowest BCUT2D eigenvalue weighted by atomic mass is 10.5. The molecule has 0 spiro atoms. The fourth-order valence-corrected chi connectivity index (χ4v) is 0.795. The Bertz CT molecular complexity index is 211. The fraction of sp³-hybridized carbons (Fsp3) is 0.600. The molecule has 11 heavy (non-hydrogen) atoms. The van der Waals surface area contributed by atoms with Crippen molar-refractivity contribution in [1.29, 1.82) is 0 Å². The Balaban J connectivity index is 3.51. The van der Waals surface area contributed by atoms with Gasteiger partial charge in [-0.1, -0.05) is 6.58 Å². The molecule has 0 aromatic rings. The molecular weight excluding hydrogens is 170 g/mol. The van der Waals surface area contributed by atoms with E-state index in [1.165, 1.54) is 6.08 Å². The van der Waals surface area contributed by atoms with E-state index in [-0.39, 0.29) is 6.54 Å². The van der Waals surface area contributed by atoms with Crippen LogP contribution in [0, 0.1) is 0 Å². The molecule has 0 aliphatic heterocycles. The van der Waals surface area contributed by atoms with Crippen LogP contribution in [0.25, 0.3) is 0 Å². The van der Waals surface area contributed by atoms with E-state index in [4.69, 9.17) is 9.66 Å². The summed E-state index contributed by atoms with van der Waals surface area (Å²) < 4.78 is 28.4. The Morgan fingerprint density at radius 2 is 2.18 bits per heavy atom. The van der Waals surface area contributed by atoms with Gasteiger partial charge in [0.05, 0.1) is 5.75 Å². The number of aliphatic hydroxyl groups is 1. The molecule has 0 heterocycles. The second-order valence-electron chi connectivity index (χ2n) is 1.92. The Kier molecular flexibility index (Phi) is 4.27. The largest absolute Gasteiger partial charge is 0.375 e. The van der Waals surface area contributed by atoms with E-state index >= 15 is 0 Å². The van der Waals surface area contributed by atoms with Crippen LogP contribution in [0.3, 0.4) is 0 Å². The molecule has 1 atom stereocenters. The Labute approximate surface area is 65.5 Å². The van der Waals surface area contributed by atoms with Gasteiger partial charge in [0.2, 0.25) is 0 Å². The second-order valence-corrected chi connectivity index (χ2v) is 3.49. The zero-order chi connectivity index (χ0) is 8.91. The maximum Gasteiger partial charge on any atom is 0.266 e. The molecule has 0 aromatic carbocycles. The van der Waals surface area contributed by atoms with E-state index < -0.39 is 22.1 Å². The van der Waals surface area contributed by atoms with E-state index in [0.29, 0.717) is 0 Å². The van der Waals surface area contributed by atoms with Crippen molar-refractivity contribution in [2.24, 2.45) is 0 Å². The molecule has 3 N–H and O–H groups in total. The van der Waals surface area contributed by atoms with Crippen LogP contribution in [0.2, 0.25) is 0 Å². The molecule has 0 rings (SSSR count). The summed E-state index contributed by atoms with van der Waals surface area (Å²) in [6, 6.07) is 0. The summed E-state index contributed by atoms with van der Waals surface area (Å²) in [5.41, 5.74) is 0. The van der Waals surface area contributed by atoms with Crippen molar-refractivity contribution in [1.82, 2.24) is 5.32 Å². The number of rotatable bonds is 5. The van der Waals surface area contributed by atoms with E-state index in [2.05, 4.69) is 11.9 Å². The minimum Gasteiger partial charge on any atom is -0.375 e. The molecule has 6 heteroatoms. The van der Waals surface area contributed by atoms with Gasteiger partial charge in [-0.05, 0) is 6.08 Å². The van der Waals surface area contributed by atoms with Crippen LogP contribution in [0.1, 0.15) is 0 Å². The highest BCUT2D eigenvalue weighted by molar-refractivity contribution is 7.85. The van der Waals surface area contributed by atoms with Gasteiger partial charge in [0.25, 0.3) is 10.1 Å². The second kappa shape index (κ2) is 4.45. The average Bonchev–Trinajstić information content (AvgIpc) is 1.85. The fourth-order valence-electron chi connectivity index (χ4n) is 0.419. The minimum absolute atomic E-state index is 0.00792. The van der Waals surface area contributed by atoms with Crippen molar-refractivity contribution in [2.45, 2.75) is 6.23 Å². The first kappa shape index (κ1) is 10.6. The maximum absolute atomic E-state index is 10.1. The monoisotopic (exact) mass is 181 g/mol. The molecule has 0 bridgehead atoms. The highest BCUT2D eigenvalue weighted by Crippen LogP contribution is 1.81. The minimum atomic E-state index is -3.94. The third-order valence-electron chi connectivity index (χ3n) is 0.937. The van der Waals surface area contributed by atoms with Crippen molar-refractivity contribution in [3.8, 4) is 0 Å². The highest BCUT2D eigenvalue weighted by Gasteiger charge is 2.04. The van der Waals surface area contributed by atoms with Gasteiger partial charge in [0.15, 0.2) is 0 Å². The predicted molar refractivity (Wildman–Crippen MR) is 40.6 cm³/mol. The van der Waals surface area contributed by atoms with Crippen LogP contribution in [0.15, 0.2) is 12.7 Å². The normalized spacial score (nSPS) is 14.4. The number of hydrogen-bond donors (Lipinski definition) is 3. The predicted octanol–water partition coefficient (Wildman–Crippen LogP) is -1.03. The van der Waals surface area contributed by atoms with Crippen LogP contribution in [0.5, 0.6) is 0 Å². The van der Waals surface area contributed by atoms with Crippen molar-refractivity contribution in [2.75, 3.05) is 12.3 Å². The highest BCUT2D eigenvalue weighted by atomic mass is 32.2. The maximum atomic E-state index is 10.1. The van der Waals surface area contributed by atoms with E-state index in [1.807, 2.05) is 0 Å². The van der Waals surface area contributed by atoms with Crippen molar-refractivity contribution < 1.29 is 18.1 Å². The topological polar surface area (TPSA) is 86.6 Å². The summed E-state index contributed by atoms with van der Waals surface area (Å²) in [4.78, 5) is 0. The van der Waals surface area contributed by atoms with Gasteiger partial charge in [0, 0.05) is 6.54 Å². The van der Waals surface area contributed by atoms with E-state index in [9.17, 15) is 8.42 Å². The van der Waals surface area contributed by atoms with Crippen LogP contribution < -0.4 is 5.32 Å². The molecule has 0 radical (unpaired) electrons. The van der Waals surface area contributed by atoms with Crippen LogP contribution in [-0.4, -0.2) is 36.6 Å². The van der Waals surface area contributed by atoms with Crippen molar-refractivity contribution >= 4 is 10.1 Å². The zero-order valence-electron chi connectivity index (χ0n) is 5.90. The third kappa shape index (κ3) is 7.47. The van der Waals surface area contributed by atoms with Crippen molar-refractivity contribution in [3.05, 3.63) is 12.7 Å². The van der Waals surface area contributed by atoms with E-state index in [1.54, 1.807) is 0 Å². The molecule has 0 fully saturated rings.